The number of phenols is 1. The van der Waals surface area contributed by atoms with Gasteiger partial charge in [-0.25, -0.2) is 0 Å². The minimum absolute atomic E-state index is 0.107. The van der Waals surface area contributed by atoms with E-state index in [1.807, 2.05) is 60.7 Å². The zero-order valence-electron chi connectivity index (χ0n) is 17.3. The van der Waals surface area contributed by atoms with Crippen LogP contribution in [0.15, 0.2) is 84.1 Å². The molecule has 3 N–H and O–H groups in total. The van der Waals surface area contributed by atoms with Crippen LogP contribution >= 0.6 is 0 Å². The number of hydrogen-bond acceptors (Lipinski definition) is 5. The predicted molar refractivity (Wildman–Crippen MR) is 122 cm³/mol. The van der Waals surface area contributed by atoms with Crippen molar-refractivity contribution in [2.45, 2.75) is 24.8 Å². The Morgan fingerprint density at radius 1 is 0.871 bits per heavy atom. The first kappa shape index (κ1) is 19.2. The van der Waals surface area contributed by atoms with Crippen LogP contribution in [0.2, 0.25) is 0 Å². The van der Waals surface area contributed by atoms with Crippen LogP contribution in [0.3, 0.4) is 0 Å². The molecule has 0 saturated heterocycles. The van der Waals surface area contributed by atoms with Crippen LogP contribution in [-0.4, -0.2) is 18.0 Å². The van der Waals surface area contributed by atoms with E-state index in [0.717, 1.165) is 45.9 Å². The number of para-hydroxylation sites is 2. The van der Waals surface area contributed by atoms with Crippen LogP contribution in [0.5, 0.6) is 11.5 Å². The number of ether oxygens (including phenoxy) is 1. The average Bonchev–Trinajstić information content (AvgIpc) is 2.96. The van der Waals surface area contributed by atoms with Gasteiger partial charge in [0.15, 0.2) is 5.78 Å². The number of carbonyl (C=O) groups is 1. The second-order valence-electron chi connectivity index (χ2n) is 8.03. The summed E-state index contributed by atoms with van der Waals surface area (Å²) in [5.41, 5.74) is 5.71. The summed E-state index contributed by atoms with van der Waals surface area (Å²) in [6.07, 6.45) is 1.21. The lowest BCUT2D eigenvalue weighted by Gasteiger charge is -2.30. The van der Waals surface area contributed by atoms with Gasteiger partial charge in [-0.05, 0) is 59.9 Å². The highest BCUT2D eigenvalue weighted by atomic mass is 16.5. The van der Waals surface area contributed by atoms with Crippen molar-refractivity contribution >= 4 is 17.2 Å². The van der Waals surface area contributed by atoms with E-state index in [-0.39, 0.29) is 23.5 Å². The number of anilines is 2. The number of benzene rings is 3. The van der Waals surface area contributed by atoms with Crippen molar-refractivity contribution in [1.82, 2.24) is 0 Å². The molecule has 0 saturated carbocycles. The number of allylic oxidation sites excluding steroid dienone is 1. The summed E-state index contributed by atoms with van der Waals surface area (Å²) in [5, 5.41) is 16.8. The largest absolute Gasteiger partial charge is 0.508 e. The summed E-state index contributed by atoms with van der Waals surface area (Å²) in [5.74, 6) is 1.26. The van der Waals surface area contributed by atoms with E-state index in [9.17, 15) is 9.90 Å². The summed E-state index contributed by atoms with van der Waals surface area (Å²) >= 11 is 0. The minimum Gasteiger partial charge on any atom is -0.508 e. The van der Waals surface area contributed by atoms with Crippen molar-refractivity contribution in [3.63, 3.8) is 0 Å². The molecule has 1 aliphatic carbocycles. The zero-order chi connectivity index (χ0) is 21.4. The van der Waals surface area contributed by atoms with Crippen molar-refractivity contribution in [1.29, 1.82) is 0 Å². The quantitative estimate of drug-likeness (QED) is 0.539. The number of nitrogens with one attached hydrogen (secondary N) is 2. The first-order valence-corrected chi connectivity index (χ1v) is 10.4. The number of methoxy groups -OCH3 is 1. The van der Waals surface area contributed by atoms with Gasteiger partial charge in [0.05, 0.1) is 24.5 Å². The smallest absolute Gasteiger partial charge is 0.163 e. The lowest BCUT2D eigenvalue weighted by Crippen LogP contribution is -2.26. The molecule has 2 atom stereocenters. The van der Waals surface area contributed by atoms with E-state index in [1.165, 1.54) is 0 Å². The molecule has 156 valence electrons. The van der Waals surface area contributed by atoms with Crippen LogP contribution in [0.25, 0.3) is 0 Å². The molecule has 1 heterocycles. The molecule has 5 nitrogen and oxygen atoms in total. The second kappa shape index (κ2) is 7.84. The van der Waals surface area contributed by atoms with Crippen LogP contribution in [0.4, 0.5) is 11.4 Å². The van der Waals surface area contributed by atoms with Crippen molar-refractivity contribution in [3.8, 4) is 11.5 Å². The third-order valence-electron chi connectivity index (χ3n) is 6.12. The third kappa shape index (κ3) is 3.63. The fraction of sp³-hybridized carbons (Fsp3) is 0.192. The Labute approximate surface area is 181 Å². The van der Waals surface area contributed by atoms with Gasteiger partial charge >= 0.3 is 0 Å². The molecule has 0 aromatic heterocycles. The van der Waals surface area contributed by atoms with Gasteiger partial charge in [-0.3, -0.25) is 4.79 Å². The summed E-state index contributed by atoms with van der Waals surface area (Å²) in [6, 6.07) is 22.8. The van der Waals surface area contributed by atoms with Crippen LogP contribution < -0.4 is 15.4 Å². The molecule has 0 spiro atoms. The Balaban J connectivity index is 1.57. The number of carbonyl (C=O) groups excluding carboxylic acids is 1. The Morgan fingerprint density at radius 2 is 1.55 bits per heavy atom. The maximum atomic E-state index is 13.5. The molecule has 0 amide bonds. The van der Waals surface area contributed by atoms with Gasteiger partial charge in [-0.1, -0.05) is 36.4 Å². The Bertz CT molecular complexity index is 1150. The molecule has 3 aromatic carbocycles. The number of rotatable bonds is 3. The van der Waals surface area contributed by atoms with Gasteiger partial charge in [0.1, 0.15) is 11.5 Å². The molecular formula is C26H24N2O3. The molecule has 5 rings (SSSR count). The monoisotopic (exact) mass is 412 g/mol. The standard InChI is InChI=1S/C26H24N2O3/c1-31-20-12-8-16(9-13-20)18-14-23-25(24(30)15-18)26(17-6-10-19(29)11-7-17)28-22-5-3-2-4-21(22)27-23/h2-13,18,26-29H,14-15H2,1H3/t18-,26+/m1/s1. The lowest BCUT2D eigenvalue weighted by molar-refractivity contribution is -0.116. The zero-order valence-corrected chi connectivity index (χ0v) is 17.3. The number of phenolic OH excluding ortho intramolecular Hbond substituents is 1. The number of ketones is 1. The van der Waals surface area contributed by atoms with E-state index in [4.69, 9.17) is 4.74 Å². The molecule has 0 fully saturated rings. The molecule has 0 unspecified atom stereocenters. The lowest BCUT2D eigenvalue weighted by atomic mass is 9.78. The fourth-order valence-corrected chi connectivity index (χ4v) is 4.52. The number of Topliss-reactive ketones (excluding diaryl/α,β-unsaturated/α-hetero) is 1. The minimum atomic E-state index is -0.281. The number of aromatic hydroxyl groups is 1. The molecule has 1 aliphatic heterocycles. The topological polar surface area (TPSA) is 70.6 Å². The first-order chi connectivity index (χ1) is 15.1. The summed E-state index contributed by atoms with van der Waals surface area (Å²) in [7, 11) is 1.65. The highest BCUT2D eigenvalue weighted by molar-refractivity contribution is 6.01. The Hall–Kier alpha value is -3.73. The summed E-state index contributed by atoms with van der Waals surface area (Å²) in [6.45, 7) is 0. The molecule has 3 aromatic rings. The van der Waals surface area contributed by atoms with Crippen molar-refractivity contribution in [2.75, 3.05) is 17.7 Å². The molecule has 0 bridgehead atoms. The van der Waals surface area contributed by atoms with Crippen molar-refractivity contribution in [3.05, 3.63) is 95.2 Å². The van der Waals surface area contributed by atoms with Gasteiger partial charge in [-0.15, -0.1) is 0 Å². The first-order valence-electron chi connectivity index (χ1n) is 10.4. The van der Waals surface area contributed by atoms with Crippen molar-refractivity contribution < 1.29 is 14.6 Å². The Kier molecular flexibility index (Phi) is 4.86. The highest BCUT2D eigenvalue weighted by Crippen LogP contribution is 2.44. The van der Waals surface area contributed by atoms with Crippen LogP contribution in [0, 0.1) is 0 Å². The van der Waals surface area contributed by atoms with Gasteiger partial charge in [0, 0.05) is 17.7 Å². The van der Waals surface area contributed by atoms with Crippen LogP contribution in [-0.2, 0) is 4.79 Å². The maximum Gasteiger partial charge on any atom is 0.163 e. The normalized spacial score (nSPS) is 20.1. The predicted octanol–water partition coefficient (Wildman–Crippen LogP) is 5.38. The van der Waals surface area contributed by atoms with E-state index in [0.29, 0.717) is 6.42 Å². The van der Waals surface area contributed by atoms with E-state index in [1.54, 1.807) is 19.2 Å². The van der Waals surface area contributed by atoms with E-state index in [2.05, 4.69) is 10.6 Å². The molecule has 2 aliphatic rings. The molecule has 31 heavy (non-hydrogen) atoms. The summed E-state index contributed by atoms with van der Waals surface area (Å²) in [4.78, 5) is 13.5. The summed E-state index contributed by atoms with van der Waals surface area (Å²) < 4.78 is 5.28. The van der Waals surface area contributed by atoms with E-state index < -0.39 is 0 Å². The molecule has 5 heteroatoms. The number of hydrogen-bond donors (Lipinski definition) is 3. The van der Waals surface area contributed by atoms with Crippen LogP contribution in [0.1, 0.15) is 35.9 Å². The second-order valence-corrected chi connectivity index (χ2v) is 8.03. The third-order valence-corrected chi connectivity index (χ3v) is 6.12. The number of fused-ring (bicyclic) bond motifs is 1. The maximum absolute atomic E-state index is 13.5. The van der Waals surface area contributed by atoms with Gasteiger partial charge < -0.3 is 20.5 Å². The molecule has 0 radical (unpaired) electrons. The average molecular weight is 412 g/mol. The fourth-order valence-electron chi connectivity index (χ4n) is 4.52. The van der Waals surface area contributed by atoms with Gasteiger partial charge in [-0.2, -0.15) is 0 Å². The van der Waals surface area contributed by atoms with Gasteiger partial charge in [0.25, 0.3) is 0 Å². The SMILES string of the molecule is COc1ccc([C@H]2CC(=O)C3=C(C2)Nc2ccccc2N[C@H]3c2ccc(O)cc2)cc1. The molecular weight excluding hydrogens is 388 g/mol. The Morgan fingerprint density at radius 3 is 2.26 bits per heavy atom. The van der Waals surface area contributed by atoms with E-state index >= 15 is 0 Å². The van der Waals surface area contributed by atoms with Gasteiger partial charge in [0.2, 0.25) is 0 Å². The van der Waals surface area contributed by atoms with Crippen molar-refractivity contribution in [2.24, 2.45) is 0 Å². The highest BCUT2D eigenvalue weighted by Gasteiger charge is 2.36.